The van der Waals surface area contributed by atoms with Gasteiger partial charge in [-0.1, -0.05) is 40.2 Å². The number of aryl methyl sites for hydroxylation is 1. The number of hydrogen-bond donors (Lipinski definition) is 1. The van der Waals surface area contributed by atoms with E-state index in [0.29, 0.717) is 5.75 Å². The van der Waals surface area contributed by atoms with Crippen LogP contribution in [0.1, 0.15) is 36.9 Å². The summed E-state index contributed by atoms with van der Waals surface area (Å²) in [5.74, 6) is 0.620. The van der Waals surface area contributed by atoms with Crippen LogP contribution in [0.25, 0.3) is 0 Å². The Morgan fingerprint density at radius 2 is 1.96 bits per heavy atom. The van der Waals surface area contributed by atoms with Crippen molar-refractivity contribution in [1.82, 2.24) is 5.32 Å². The molecule has 0 saturated carbocycles. The summed E-state index contributed by atoms with van der Waals surface area (Å²) in [6, 6.07) is 15.9. The molecule has 3 nitrogen and oxygen atoms in total. The molecule has 120 valence electrons. The standard InChI is InChI=1S/C19H20BrNO2/c1-13(23-16-11-9-15(20)10-12-16)19(22)21-18-8-4-6-14-5-2-3-7-17(14)18/h2-3,5,7,9-13,18H,4,6,8H2,1H3,(H,21,22). The average molecular weight is 374 g/mol. The zero-order valence-electron chi connectivity index (χ0n) is 13.1. The van der Waals surface area contributed by atoms with E-state index in [-0.39, 0.29) is 11.9 Å². The van der Waals surface area contributed by atoms with Gasteiger partial charge in [0.05, 0.1) is 6.04 Å². The van der Waals surface area contributed by atoms with E-state index in [4.69, 9.17) is 4.74 Å². The molecule has 0 aliphatic heterocycles. The second kappa shape index (κ2) is 7.18. The number of fused-ring (bicyclic) bond motifs is 1. The average Bonchev–Trinajstić information content (AvgIpc) is 2.57. The molecule has 0 fully saturated rings. The Morgan fingerprint density at radius 1 is 1.22 bits per heavy atom. The SMILES string of the molecule is CC(Oc1ccc(Br)cc1)C(=O)NC1CCCc2ccccc21. The topological polar surface area (TPSA) is 38.3 Å². The van der Waals surface area contributed by atoms with Crippen molar-refractivity contribution in [2.45, 2.75) is 38.3 Å². The van der Waals surface area contributed by atoms with Crippen molar-refractivity contribution in [2.75, 3.05) is 0 Å². The second-order valence-corrected chi connectivity index (χ2v) is 6.78. The van der Waals surface area contributed by atoms with E-state index in [9.17, 15) is 4.79 Å². The summed E-state index contributed by atoms with van der Waals surface area (Å²) in [6.07, 6.45) is 2.65. The monoisotopic (exact) mass is 373 g/mol. The predicted octanol–water partition coefficient (Wildman–Crippen LogP) is 4.41. The van der Waals surface area contributed by atoms with Gasteiger partial charge in [0.25, 0.3) is 5.91 Å². The Kier molecular flexibility index (Phi) is 5.01. The molecule has 3 rings (SSSR count). The van der Waals surface area contributed by atoms with Crippen LogP contribution in [0, 0.1) is 0 Å². The number of benzene rings is 2. The summed E-state index contributed by atoms with van der Waals surface area (Å²) in [7, 11) is 0. The second-order valence-electron chi connectivity index (χ2n) is 5.87. The highest BCUT2D eigenvalue weighted by Crippen LogP contribution is 2.29. The Bertz CT molecular complexity index is 684. The van der Waals surface area contributed by atoms with Crippen molar-refractivity contribution < 1.29 is 9.53 Å². The molecule has 2 atom stereocenters. The molecule has 1 aliphatic rings. The van der Waals surface area contributed by atoms with Gasteiger partial charge in [-0.2, -0.15) is 0 Å². The van der Waals surface area contributed by atoms with Crippen LogP contribution in [-0.4, -0.2) is 12.0 Å². The summed E-state index contributed by atoms with van der Waals surface area (Å²) in [4.78, 5) is 12.4. The molecule has 1 N–H and O–H groups in total. The van der Waals surface area contributed by atoms with Crippen molar-refractivity contribution in [3.05, 3.63) is 64.1 Å². The van der Waals surface area contributed by atoms with E-state index in [1.165, 1.54) is 11.1 Å². The number of carbonyl (C=O) groups excluding carboxylic acids is 1. The number of ether oxygens (including phenoxy) is 1. The van der Waals surface area contributed by atoms with Crippen LogP contribution in [0.5, 0.6) is 5.75 Å². The van der Waals surface area contributed by atoms with Gasteiger partial charge in [0.1, 0.15) is 5.75 Å². The Balaban J connectivity index is 1.64. The summed E-state index contributed by atoms with van der Waals surface area (Å²) in [5.41, 5.74) is 2.58. The van der Waals surface area contributed by atoms with Crippen LogP contribution in [0.2, 0.25) is 0 Å². The fraction of sp³-hybridized carbons (Fsp3) is 0.316. The Hall–Kier alpha value is -1.81. The minimum atomic E-state index is -0.523. The maximum Gasteiger partial charge on any atom is 0.261 e. The number of nitrogens with one attached hydrogen (secondary N) is 1. The lowest BCUT2D eigenvalue weighted by Crippen LogP contribution is -2.39. The molecule has 4 heteroatoms. The molecule has 0 aromatic heterocycles. The highest BCUT2D eigenvalue weighted by Gasteiger charge is 2.24. The quantitative estimate of drug-likeness (QED) is 0.861. The molecule has 2 aromatic rings. The van der Waals surface area contributed by atoms with Gasteiger partial charge >= 0.3 is 0 Å². The third-order valence-corrected chi connectivity index (χ3v) is 4.71. The van der Waals surface area contributed by atoms with Gasteiger partial charge in [-0.15, -0.1) is 0 Å². The molecule has 0 radical (unpaired) electrons. The van der Waals surface area contributed by atoms with Crippen molar-refractivity contribution in [1.29, 1.82) is 0 Å². The zero-order chi connectivity index (χ0) is 16.2. The Morgan fingerprint density at radius 3 is 2.74 bits per heavy atom. The fourth-order valence-electron chi connectivity index (χ4n) is 2.96. The van der Waals surface area contributed by atoms with Crippen LogP contribution in [0.4, 0.5) is 0 Å². The molecule has 0 heterocycles. The van der Waals surface area contributed by atoms with Gasteiger partial charge in [0.2, 0.25) is 0 Å². The van der Waals surface area contributed by atoms with E-state index in [1.807, 2.05) is 30.3 Å². The Labute approximate surface area is 145 Å². The van der Waals surface area contributed by atoms with Gasteiger partial charge in [-0.25, -0.2) is 0 Å². The first kappa shape index (κ1) is 16.1. The van der Waals surface area contributed by atoms with Gasteiger partial charge in [-0.3, -0.25) is 4.79 Å². The number of carbonyl (C=O) groups is 1. The first-order chi connectivity index (χ1) is 11.1. The van der Waals surface area contributed by atoms with E-state index in [0.717, 1.165) is 23.7 Å². The maximum atomic E-state index is 12.4. The summed E-state index contributed by atoms with van der Waals surface area (Å²) < 4.78 is 6.71. The lowest BCUT2D eigenvalue weighted by atomic mass is 9.87. The zero-order valence-corrected chi connectivity index (χ0v) is 14.7. The number of hydrogen-bond acceptors (Lipinski definition) is 2. The number of amides is 1. The maximum absolute atomic E-state index is 12.4. The molecule has 1 amide bonds. The molecular weight excluding hydrogens is 354 g/mol. The van der Waals surface area contributed by atoms with Gasteiger partial charge in [-0.05, 0) is 61.6 Å². The van der Waals surface area contributed by atoms with Crippen molar-refractivity contribution in [3.8, 4) is 5.75 Å². The van der Waals surface area contributed by atoms with Crippen molar-refractivity contribution in [2.24, 2.45) is 0 Å². The van der Waals surface area contributed by atoms with Gasteiger partial charge < -0.3 is 10.1 Å². The lowest BCUT2D eigenvalue weighted by Gasteiger charge is -2.27. The highest BCUT2D eigenvalue weighted by atomic mass is 79.9. The third-order valence-electron chi connectivity index (χ3n) is 4.18. The van der Waals surface area contributed by atoms with Crippen LogP contribution >= 0.6 is 15.9 Å². The molecule has 1 aliphatic carbocycles. The van der Waals surface area contributed by atoms with E-state index in [1.54, 1.807) is 6.92 Å². The van der Waals surface area contributed by atoms with E-state index in [2.05, 4.69) is 39.4 Å². The molecule has 0 bridgehead atoms. The first-order valence-electron chi connectivity index (χ1n) is 7.94. The molecular formula is C19H20BrNO2. The molecule has 23 heavy (non-hydrogen) atoms. The summed E-state index contributed by atoms with van der Waals surface area (Å²) in [5, 5.41) is 3.13. The third kappa shape index (κ3) is 3.94. The van der Waals surface area contributed by atoms with Gasteiger partial charge in [0.15, 0.2) is 6.10 Å². The number of rotatable bonds is 4. The highest BCUT2D eigenvalue weighted by molar-refractivity contribution is 9.10. The number of halogens is 1. The minimum Gasteiger partial charge on any atom is -0.481 e. The predicted molar refractivity (Wildman–Crippen MR) is 94.5 cm³/mol. The van der Waals surface area contributed by atoms with Gasteiger partial charge in [0, 0.05) is 4.47 Å². The summed E-state index contributed by atoms with van der Waals surface area (Å²) >= 11 is 3.39. The molecule has 2 aromatic carbocycles. The van der Waals surface area contributed by atoms with Crippen LogP contribution in [0.15, 0.2) is 53.0 Å². The van der Waals surface area contributed by atoms with Crippen molar-refractivity contribution >= 4 is 21.8 Å². The molecule has 0 spiro atoms. The molecule has 0 saturated heterocycles. The first-order valence-corrected chi connectivity index (χ1v) is 8.73. The normalized spacial score (nSPS) is 17.9. The van der Waals surface area contributed by atoms with Crippen LogP contribution in [-0.2, 0) is 11.2 Å². The summed E-state index contributed by atoms with van der Waals surface area (Å²) in [6.45, 7) is 1.78. The smallest absolute Gasteiger partial charge is 0.261 e. The van der Waals surface area contributed by atoms with E-state index >= 15 is 0 Å². The molecule has 2 unspecified atom stereocenters. The van der Waals surface area contributed by atoms with E-state index < -0.39 is 6.10 Å². The fourth-order valence-corrected chi connectivity index (χ4v) is 3.23. The lowest BCUT2D eigenvalue weighted by molar-refractivity contribution is -0.128. The largest absolute Gasteiger partial charge is 0.481 e. The minimum absolute atomic E-state index is 0.0744. The van der Waals surface area contributed by atoms with Crippen molar-refractivity contribution in [3.63, 3.8) is 0 Å². The van der Waals surface area contributed by atoms with Crippen LogP contribution in [0.3, 0.4) is 0 Å². The van der Waals surface area contributed by atoms with Crippen LogP contribution < -0.4 is 10.1 Å².